The smallest absolute Gasteiger partial charge is 0.315 e. The molecule has 0 bridgehead atoms. The highest BCUT2D eigenvalue weighted by Gasteiger charge is 2.36. The van der Waals surface area contributed by atoms with E-state index in [1.165, 1.54) is 18.4 Å². The van der Waals surface area contributed by atoms with Crippen LogP contribution in [0.15, 0.2) is 24.3 Å². The van der Waals surface area contributed by atoms with Gasteiger partial charge in [0.2, 0.25) is 0 Å². The number of rotatable bonds is 5. The zero-order chi connectivity index (χ0) is 14.7. The molecule has 0 spiro atoms. The van der Waals surface area contributed by atoms with Crippen LogP contribution in [0.5, 0.6) is 5.75 Å². The zero-order valence-corrected chi connectivity index (χ0v) is 12.7. The molecule has 0 radical (unpaired) electrons. The van der Waals surface area contributed by atoms with Crippen molar-refractivity contribution in [1.29, 1.82) is 0 Å². The Morgan fingerprint density at radius 2 is 1.90 bits per heavy atom. The summed E-state index contributed by atoms with van der Waals surface area (Å²) in [6.07, 6.45) is 7.00. The number of ether oxygens (including phenoxy) is 1. The average Bonchev–Trinajstić information content (AvgIpc) is 3.19. The molecule has 4 nitrogen and oxygen atoms in total. The lowest BCUT2D eigenvalue weighted by Gasteiger charge is -2.30. The van der Waals surface area contributed by atoms with E-state index >= 15 is 0 Å². The molecule has 114 valence electrons. The second-order valence-electron chi connectivity index (χ2n) is 6.32. The first-order valence-electron chi connectivity index (χ1n) is 7.91. The van der Waals surface area contributed by atoms with Crippen LogP contribution in [0.1, 0.15) is 44.1 Å². The van der Waals surface area contributed by atoms with Crippen molar-refractivity contribution in [3.63, 3.8) is 0 Å². The third-order valence-electron chi connectivity index (χ3n) is 4.76. The van der Waals surface area contributed by atoms with Gasteiger partial charge >= 0.3 is 6.03 Å². The van der Waals surface area contributed by atoms with Gasteiger partial charge in [-0.2, -0.15) is 0 Å². The SMILES string of the molecule is COc1ccc(C2(CNC(=O)NC3CC3)CCCC2)cc1. The van der Waals surface area contributed by atoms with Crippen molar-refractivity contribution in [2.75, 3.05) is 13.7 Å². The minimum atomic E-state index is -0.0164. The van der Waals surface area contributed by atoms with E-state index in [9.17, 15) is 4.79 Å². The first-order chi connectivity index (χ1) is 10.2. The Morgan fingerprint density at radius 1 is 1.24 bits per heavy atom. The normalized spacial score (nSPS) is 20.0. The number of nitrogens with one attached hydrogen (secondary N) is 2. The van der Waals surface area contributed by atoms with Crippen molar-refractivity contribution in [3.8, 4) is 5.75 Å². The number of benzene rings is 1. The lowest BCUT2D eigenvalue weighted by molar-refractivity contribution is 0.236. The summed E-state index contributed by atoms with van der Waals surface area (Å²) >= 11 is 0. The predicted molar refractivity (Wildman–Crippen MR) is 82.7 cm³/mol. The Balaban J connectivity index is 1.67. The third kappa shape index (κ3) is 3.31. The van der Waals surface area contributed by atoms with Crippen LogP contribution in [-0.4, -0.2) is 25.7 Å². The summed E-state index contributed by atoms with van der Waals surface area (Å²) in [6.45, 7) is 0.720. The van der Waals surface area contributed by atoms with Crippen LogP contribution in [0.3, 0.4) is 0 Å². The Labute approximate surface area is 126 Å². The van der Waals surface area contributed by atoms with E-state index in [0.29, 0.717) is 6.04 Å². The number of urea groups is 1. The first kappa shape index (κ1) is 14.2. The number of methoxy groups -OCH3 is 1. The van der Waals surface area contributed by atoms with E-state index in [0.717, 1.165) is 38.0 Å². The van der Waals surface area contributed by atoms with Crippen LogP contribution < -0.4 is 15.4 Å². The maximum absolute atomic E-state index is 11.9. The lowest BCUT2D eigenvalue weighted by atomic mass is 9.79. The molecule has 0 atom stereocenters. The van der Waals surface area contributed by atoms with Gasteiger partial charge in [0, 0.05) is 18.0 Å². The number of hydrogen-bond acceptors (Lipinski definition) is 2. The number of amides is 2. The van der Waals surface area contributed by atoms with E-state index in [-0.39, 0.29) is 11.4 Å². The van der Waals surface area contributed by atoms with Crippen molar-refractivity contribution < 1.29 is 9.53 Å². The van der Waals surface area contributed by atoms with Gasteiger partial charge in [0.05, 0.1) is 7.11 Å². The van der Waals surface area contributed by atoms with Crippen molar-refractivity contribution in [3.05, 3.63) is 29.8 Å². The minimum absolute atomic E-state index is 0.0164. The van der Waals surface area contributed by atoms with E-state index < -0.39 is 0 Å². The molecule has 0 heterocycles. The van der Waals surface area contributed by atoms with Gasteiger partial charge in [-0.3, -0.25) is 0 Å². The minimum Gasteiger partial charge on any atom is -0.497 e. The summed E-state index contributed by atoms with van der Waals surface area (Å²) in [5.41, 5.74) is 1.40. The molecule has 0 aromatic heterocycles. The van der Waals surface area contributed by atoms with Gasteiger partial charge in [0.1, 0.15) is 5.75 Å². The highest BCUT2D eigenvalue weighted by atomic mass is 16.5. The highest BCUT2D eigenvalue weighted by molar-refractivity contribution is 5.74. The zero-order valence-electron chi connectivity index (χ0n) is 12.7. The van der Waals surface area contributed by atoms with Crippen LogP contribution in [0, 0.1) is 0 Å². The quantitative estimate of drug-likeness (QED) is 0.875. The summed E-state index contributed by atoms with van der Waals surface area (Å²) in [5, 5.41) is 6.08. The predicted octanol–water partition coefficient (Wildman–Crippen LogP) is 2.97. The van der Waals surface area contributed by atoms with Crippen LogP contribution in [0.25, 0.3) is 0 Å². The summed E-state index contributed by atoms with van der Waals surface area (Å²) in [5.74, 6) is 0.881. The summed E-state index contributed by atoms with van der Waals surface area (Å²) < 4.78 is 5.23. The van der Waals surface area contributed by atoms with Crippen molar-refractivity contribution in [1.82, 2.24) is 10.6 Å². The molecule has 2 amide bonds. The van der Waals surface area contributed by atoms with Crippen molar-refractivity contribution >= 4 is 6.03 Å². The molecule has 2 aliphatic carbocycles. The molecule has 0 aliphatic heterocycles. The molecule has 4 heteroatoms. The van der Waals surface area contributed by atoms with Gasteiger partial charge in [0.15, 0.2) is 0 Å². The van der Waals surface area contributed by atoms with Gasteiger partial charge in [-0.1, -0.05) is 25.0 Å². The fourth-order valence-corrected chi connectivity index (χ4v) is 3.28. The maximum Gasteiger partial charge on any atom is 0.315 e. The van der Waals surface area contributed by atoms with Crippen LogP contribution in [-0.2, 0) is 5.41 Å². The van der Waals surface area contributed by atoms with E-state index in [1.807, 2.05) is 12.1 Å². The van der Waals surface area contributed by atoms with E-state index in [1.54, 1.807) is 7.11 Å². The van der Waals surface area contributed by atoms with Gasteiger partial charge in [-0.15, -0.1) is 0 Å². The Morgan fingerprint density at radius 3 is 2.48 bits per heavy atom. The lowest BCUT2D eigenvalue weighted by Crippen LogP contribution is -2.44. The van der Waals surface area contributed by atoms with E-state index in [2.05, 4.69) is 22.8 Å². The van der Waals surface area contributed by atoms with Crippen LogP contribution >= 0.6 is 0 Å². The van der Waals surface area contributed by atoms with Gasteiger partial charge in [-0.05, 0) is 43.4 Å². The molecule has 2 saturated carbocycles. The molecule has 2 aliphatic rings. The van der Waals surface area contributed by atoms with E-state index in [4.69, 9.17) is 4.74 Å². The second-order valence-corrected chi connectivity index (χ2v) is 6.32. The molecule has 21 heavy (non-hydrogen) atoms. The summed E-state index contributed by atoms with van der Waals surface area (Å²) in [7, 11) is 1.68. The molecular weight excluding hydrogens is 264 g/mol. The fourth-order valence-electron chi connectivity index (χ4n) is 3.28. The maximum atomic E-state index is 11.9. The molecule has 0 saturated heterocycles. The molecule has 1 aromatic carbocycles. The topological polar surface area (TPSA) is 50.4 Å². The molecule has 0 unspecified atom stereocenters. The van der Waals surface area contributed by atoms with Crippen LogP contribution in [0.4, 0.5) is 4.79 Å². The number of carbonyl (C=O) groups excluding carboxylic acids is 1. The monoisotopic (exact) mass is 288 g/mol. The largest absolute Gasteiger partial charge is 0.497 e. The van der Waals surface area contributed by atoms with Gasteiger partial charge in [0.25, 0.3) is 0 Å². The second kappa shape index (κ2) is 5.96. The summed E-state index contributed by atoms with van der Waals surface area (Å²) in [4.78, 5) is 11.9. The van der Waals surface area contributed by atoms with Gasteiger partial charge < -0.3 is 15.4 Å². The Kier molecular flexibility index (Phi) is 4.04. The van der Waals surface area contributed by atoms with Crippen molar-refractivity contribution in [2.24, 2.45) is 0 Å². The molecule has 1 aromatic rings. The average molecular weight is 288 g/mol. The molecule has 2 fully saturated rings. The molecular formula is C17H24N2O2. The highest BCUT2D eigenvalue weighted by Crippen LogP contribution is 2.41. The molecule has 3 rings (SSSR count). The first-order valence-corrected chi connectivity index (χ1v) is 7.91. The third-order valence-corrected chi connectivity index (χ3v) is 4.76. The summed E-state index contributed by atoms with van der Waals surface area (Å²) in [6, 6.07) is 8.71. The standard InChI is InChI=1S/C17H24N2O2/c1-21-15-8-4-13(5-9-15)17(10-2-3-11-17)12-18-16(20)19-14-6-7-14/h4-5,8-9,14H,2-3,6-7,10-12H2,1H3,(H2,18,19,20). The Hall–Kier alpha value is -1.71. The van der Waals surface area contributed by atoms with Crippen LogP contribution in [0.2, 0.25) is 0 Å². The van der Waals surface area contributed by atoms with Crippen molar-refractivity contribution in [2.45, 2.75) is 50.0 Å². The number of hydrogen-bond donors (Lipinski definition) is 2. The Bertz CT molecular complexity index is 488. The fraction of sp³-hybridized carbons (Fsp3) is 0.588. The number of carbonyl (C=O) groups is 1. The molecule has 2 N–H and O–H groups in total. The van der Waals surface area contributed by atoms with Gasteiger partial charge in [-0.25, -0.2) is 4.79 Å².